The van der Waals surface area contributed by atoms with Gasteiger partial charge in [0.1, 0.15) is 0 Å². The van der Waals surface area contributed by atoms with Gasteiger partial charge in [-0.15, -0.1) is 0 Å². The number of pyridine rings is 2. The molecule has 8 nitrogen and oxygen atoms in total. The molecule has 0 unspecified atom stereocenters. The highest BCUT2D eigenvalue weighted by Crippen LogP contribution is 2.26. The number of fused-ring (bicyclic) bond motifs is 3. The second-order valence-corrected chi connectivity index (χ2v) is 4.06. The van der Waals surface area contributed by atoms with Crippen LogP contribution in [0.25, 0.3) is 21.8 Å². The van der Waals surface area contributed by atoms with Gasteiger partial charge in [-0.3, -0.25) is 0 Å². The molecule has 8 heteroatoms. The van der Waals surface area contributed by atoms with E-state index in [0.29, 0.717) is 10.8 Å². The molecule has 2 aromatic heterocycles. The topological polar surface area (TPSA) is 112 Å². The van der Waals surface area contributed by atoms with Crippen LogP contribution in [0.1, 0.15) is 0 Å². The summed E-state index contributed by atoms with van der Waals surface area (Å²) in [5.41, 5.74) is 0.556. The number of nitro groups is 2. The third-order valence-electron chi connectivity index (χ3n) is 2.86. The first-order valence-electron chi connectivity index (χ1n) is 5.55. The number of hydrogen-bond donors (Lipinski definition) is 0. The van der Waals surface area contributed by atoms with E-state index in [9.17, 15) is 20.2 Å². The van der Waals surface area contributed by atoms with Crippen LogP contribution in [-0.2, 0) is 0 Å². The average molecular weight is 270 g/mol. The van der Waals surface area contributed by atoms with Crippen LogP contribution < -0.4 is 0 Å². The lowest BCUT2D eigenvalue weighted by Gasteiger charge is -1.98. The second kappa shape index (κ2) is 4.19. The minimum atomic E-state index is -0.615. The Morgan fingerprint density at radius 3 is 1.40 bits per heavy atom. The molecule has 0 aliphatic heterocycles. The Morgan fingerprint density at radius 2 is 1.05 bits per heavy atom. The SMILES string of the molecule is O=[N+]([O-])c1ccc2ccc3ccc([N+](=O)[O-])nc3c2n1. The summed E-state index contributed by atoms with van der Waals surface area (Å²) in [4.78, 5) is 28.1. The molecule has 3 rings (SSSR count). The molecule has 2 heterocycles. The van der Waals surface area contributed by atoms with Crippen LogP contribution in [0.4, 0.5) is 11.6 Å². The molecule has 3 aromatic rings. The van der Waals surface area contributed by atoms with Crippen molar-refractivity contribution in [3.8, 4) is 0 Å². The summed E-state index contributed by atoms with van der Waals surface area (Å²) >= 11 is 0. The van der Waals surface area contributed by atoms with Crippen molar-refractivity contribution in [3.05, 3.63) is 56.6 Å². The number of aromatic nitrogens is 2. The van der Waals surface area contributed by atoms with Crippen molar-refractivity contribution in [2.24, 2.45) is 0 Å². The Morgan fingerprint density at radius 1 is 0.700 bits per heavy atom. The van der Waals surface area contributed by atoms with Gasteiger partial charge < -0.3 is 20.2 Å². The Hall–Kier alpha value is -3.16. The second-order valence-electron chi connectivity index (χ2n) is 4.06. The van der Waals surface area contributed by atoms with Crippen LogP contribution >= 0.6 is 0 Å². The molecule has 0 amide bonds. The van der Waals surface area contributed by atoms with E-state index in [2.05, 4.69) is 9.97 Å². The molecule has 0 bridgehead atoms. The predicted molar refractivity (Wildman–Crippen MR) is 70.4 cm³/mol. The van der Waals surface area contributed by atoms with E-state index in [-0.39, 0.29) is 22.7 Å². The van der Waals surface area contributed by atoms with Crippen LogP contribution in [0.5, 0.6) is 0 Å². The van der Waals surface area contributed by atoms with Gasteiger partial charge in [0.2, 0.25) is 11.0 Å². The van der Waals surface area contributed by atoms with Gasteiger partial charge in [-0.1, -0.05) is 0 Å². The van der Waals surface area contributed by atoms with E-state index in [0.717, 1.165) is 0 Å². The van der Waals surface area contributed by atoms with Gasteiger partial charge in [-0.2, -0.15) is 0 Å². The standard InChI is InChI=1S/C12H6N4O4/c17-15(18)9-5-3-7-1-2-8-4-6-10(16(19)20)14-12(8)11(7)13-9/h1-6H. The summed E-state index contributed by atoms with van der Waals surface area (Å²) in [7, 11) is 0. The minimum absolute atomic E-state index is 0.278. The molecule has 20 heavy (non-hydrogen) atoms. The molecule has 98 valence electrons. The largest absolute Gasteiger partial charge is 0.364 e. The number of nitrogens with zero attached hydrogens (tertiary/aromatic N) is 4. The van der Waals surface area contributed by atoms with Crippen molar-refractivity contribution in [2.75, 3.05) is 0 Å². The van der Waals surface area contributed by atoms with Crippen LogP contribution in [0.15, 0.2) is 36.4 Å². The molecule has 0 atom stereocenters. The zero-order chi connectivity index (χ0) is 14.3. The normalized spacial score (nSPS) is 10.8. The molecule has 0 fully saturated rings. The van der Waals surface area contributed by atoms with Gasteiger partial charge in [0.25, 0.3) is 0 Å². The zero-order valence-corrected chi connectivity index (χ0v) is 9.89. The van der Waals surface area contributed by atoms with E-state index < -0.39 is 9.85 Å². The molecule has 0 spiro atoms. The van der Waals surface area contributed by atoms with Gasteiger partial charge in [0.15, 0.2) is 0 Å². The molecular formula is C12H6N4O4. The highest BCUT2D eigenvalue weighted by atomic mass is 16.6. The summed E-state index contributed by atoms with van der Waals surface area (Å²) in [6.07, 6.45) is 0. The van der Waals surface area contributed by atoms with Gasteiger partial charge >= 0.3 is 11.6 Å². The molecular weight excluding hydrogens is 264 g/mol. The summed E-state index contributed by atoms with van der Waals surface area (Å²) in [5.74, 6) is -0.642. The van der Waals surface area contributed by atoms with Gasteiger partial charge in [-0.05, 0) is 44.1 Å². The Labute approximate surface area is 111 Å². The van der Waals surface area contributed by atoms with Crippen molar-refractivity contribution in [2.45, 2.75) is 0 Å². The van der Waals surface area contributed by atoms with E-state index >= 15 is 0 Å². The maximum atomic E-state index is 10.8. The summed E-state index contributed by atoms with van der Waals surface area (Å²) in [6, 6.07) is 9.13. The lowest BCUT2D eigenvalue weighted by atomic mass is 10.1. The number of benzene rings is 1. The predicted octanol–water partition coefficient (Wildman–Crippen LogP) is 2.60. The monoisotopic (exact) mass is 270 g/mol. The molecule has 0 saturated heterocycles. The summed E-state index contributed by atoms with van der Waals surface area (Å²) in [6.45, 7) is 0. The van der Waals surface area contributed by atoms with Crippen molar-refractivity contribution in [3.63, 3.8) is 0 Å². The Balaban J connectivity index is 2.41. The number of rotatable bonds is 2. The molecule has 0 N–H and O–H groups in total. The third kappa shape index (κ3) is 1.79. The van der Waals surface area contributed by atoms with Crippen LogP contribution in [0.3, 0.4) is 0 Å². The fraction of sp³-hybridized carbons (Fsp3) is 0. The lowest BCUT2D eigenvalue weighted by Crippen LogP contribution is -1.95. The summed E-state index contributed by atoms with van der Waals surface area (Å²) < 4.78 is 0. The minimum Gasteiger partial charge on any atom is -0.358 e. The lowest BCUT2D eigenvalue weighted by molar-refractivity contribution is -0.389. The molecule has 0 aliphatic rings. The van der Waals surface area contributed by atoms with Crippen LogP contribution in [-0.4, -0.2) is 19.8 Å². The van der Waals surface area contributed by atoms with Gasteiger partial charge in [0, 0.05) is 22.9 Å². The van der Waals surface area contributed by atoms with E-state index in [1.165, 1.54) is 12.1 Å². The maximum Gasteiger partial charge on any atom is 0.364 e. The van der Waals surface area contributed by atoms with Crippen LogP contribution in [0, 0.1) is 20.2 Å². The van der Waals surface area contributed by atoms with Crippen molar-refractivity contribution >= 4 is 33.4 Å². The van der Waals surface area contributed by atoms with Crippen LogP contribution in [0.2, 0.25) is 0 Å². The summed E-state index contributed by atoms with van der Waals surface area (Å²) in [5, 5.41) is 22.8. The van der Waals surface area contributed by atoms with Crippen molar-refractivity contribution in [1.29, 1.82) is 0 Å². The Bertz CT molecular complexity index is 805. The quantitative estimate of drug-likeness (QED) is 0.402. The first-order chi connectivity index (χ1) is 9.56. The maximum absolute atomic E-state index is 10.8. The molecule has 0 aliphatic carbocycles. The third-order valence-corrected chi connectivity index (χ3v) is 2.86. The highest BCUT2D eigenvalue weighted by molar-refractivity contribution is 6.03. The smallest absolute Gasteiger partial charge is 0.358 e. The average Bonchev–Trinajstić information content (AvgIpc) is 2.45. The number of hydrogen-bond acceptors (Lipinski definition) is 6. The fourth-order valence-electron chi connectivity index (χ4n) is 1.95. The molecule has 0 radical (unpaired) electrons. The van der Waals surface area contributed by atoms with Crippen molar-refractivity contribution in [1.82, 2.24) is 9.97 Å². The van der Waals surface area contributed by atoms with Crippen molar-refractivity contribution < 1.29 is 9.85 Å². The van der Waals surface area contributed by atoms with E-state index in [1.54, 1.807) is 24.3 Å². The first kappa shape index (κ1) is 11.9. The van der Waals surface area contributed by atoms with E-state index in [4.69, 9.17) is 0 Å². The zero-order valence-electron chi connectivity index (χ0n) is 9.89. The first-order valence-corrected chi connectivity index (χ1v) is 5.55. The Kier molecular flexibility index (Phi) is 2.50. The van der Waals surface area contributed by atoms with Gasteiger partial charge in [0.05, 0.1) is 0 Å². The fourth-order valence-corrected chi connectivity index (χ4v) is 1.95. The van der Waals surface area contributed by atoms with Gasteiger partial charge in [-0.25, -0.2) is 0 Å². The van der Waals surface area contributed by atoms with E-state index in [1.807, 2.05) is 0 Å². The highest BCUT2D eigenvalue weighted by Gasteiger charge is 2.18. The molecule has 1 aromatic carbocycles. The molecule has 0 saturated carbocycles.